The van der Waals surface area contributed by atoms with Gasteiger partial charge in [0.15, 0.2) is 5.96 Å². The standard InChI is InChI=1S/C11H15Br2N3/c1-7(2)6-15-11(14)16-10-4-3-8(12)5-9(10)13/h3-5,7H,6H2,1-2H3,(H3,14,15,16). The summed E-state index contributed by atoms with van der Waals surface area (Å²) in [4.78, 5) is 4.23. The van der Waals surface area contributed by atoms with E-state index < -0.39 is 0 Å². The molecule has 0 unspecified atom stereocenters. The van der Waals surface area contributed by atoms with Crippen LogP contribution in [0.15, 0.2) is 32.1 Å². The molecule has 16 heavy (non-hydrogen) atoms. The fourth-order valence-electron chi connectivity index (χ4n) is 1.05. The molecule has 0 atom stereocenters. The highest BCUT2D eigenvalue weighted by Crippen LogP contribution is 2.25. The Hall–Kier alpha value is -0.550. The minimum absolute atomic E-state index is 0.441. The second kappa shape index (κ2) is 6.25. The summed E-state index contributed by atoms with van der Waals surface area (Å²) < 4.78 is 1.96. The van der Waals surface area contributed by atoms with Gasteiger partial charge in [-0.05, 0) is 40.0 Å². The van der Waals surface area contributed by atoms with E-state index in [4.69, 9.17) is 5.73 Å². The molecule has 3 N–H and O–H groups in total. The van der Waals surface area contributed by atoms with E-state index in [0.29, 0.717) is 11.9 Å². The van der Waals surface area contributed by atoms with Crippen LogP contribution in [0, 0.1) is 5.92 Å². The number of benzene rings is 1. The van der Waals surface area contributed by atoms with Crippen molar-refractivity contribution in [2.45, 2.75) is 13.8 Å². The average molecular weight is 349 g/mol. The number of aliphatic imine (C=N–C) groups is 1. The van der Waals surface area contributed by atoms with Gasteiger partial charge in [0.1, 0.15) is 0 Å². The summed E-state index contributed by atoms with van der Waals surface area (Å²) in [6.45, 7) is 4.94. The van der Waals surface area contributed by atoms with Crippen molar-refractivity contribution in [3.05, 3.63) is 27.1 Å². The fourth-order valence-corrected chi connectivity index (χ4v) is 2.20. The zero-order chi connectivity index (χ0) is 12.1. The first-order valence-corrected chi connectivity index (χ1v) is 6.59. The summed E-state index contributed by atoms with van der Waals surface area (Å²) >= 11 is 6.85. The summed E-state index contributed by atoms with van der Waals surface area (Å²) in [7, 11) is 0. The van der Waals surface area contributed by atoms with Crippen molar-refractivity contribution in [1.29, 1.82) is 0 Å². The molecule has 0 spiro atoms. The topological polar surface area (TPSA) is 50.4 Å². The third-order valence-corrected chi connectivity index (χ3v) is 2.97. The highest BCUT2D eigenvalue weighted by Gasteiger charge is 2.01. The molecule has 3 nitrogen and oxygen atoms in total. The van der Waals surface area contributed by atoms with Crippen molar-refractivity contribution >= 4 is 43.5 Å². The Bertz CT molecular complexity index is 389. The molecule has 0 aromatic heterocycles. The van der Waals surface area contributed by atoms with Crippen molar-refractivity contribution in [3.63, 3.8) is 0 Å². The number of hydrogen-bond acceptors (Lipinski definition) is 1. The summed E-state index contributed by atoms with van der Waals surface area (Å²) in [5.41, 5.74) is 6.68. The molecule has 0 amide bonds. The van der Waals surface area contributed by atoms with Crippen LogP contribution in [-0.2, 0) is 0 Å². The molecule has 0 fully saturated rings. The van der Waals surface area contributed by atoms with E-state index in [1.807, 2.05) is 18.2 Å². The van der Waals surface area contributed by atoms with Gasteiger partial charge in [-0.25, -0.2) is 0 Å². The summed E-state index contributed by atoms with van der Waals surface area (Å²) in [5, 5.41) is 3.05. The normalized spacial score (nSPS) is 11.9. The highest BCUT2D eigenvalue weighted by atomic mass is 79.9. The van der Waals surface area contributed by atoms with E-state index in [0.717, 1.165) is 21.2 Å². The lowest BCUT2D eigenvalue weighted by molar-refractivity contribution is 0.665. The van der Waals surface area contributed by atoms with Gasteiger partial charge in [-0.1, -0.05) is 29.8 Å². The number of anilines is 1. The van der Waals surface area contributed by atoms with Crippen molar-refractivity contribution in [2.75, 3.05) is 11.9 Å². The van der Waals surface area contributed by atoms with Crippen molar-refractivity contribution in [2.24, 2.45) is 16.6 Å². The molecule has 0 aliphatic heterocycles. The van der Waals surface area contributed by atoms with Gasteiger partial charge in [0.25, 0.3) is 0 Å². The molecule has 0 bridgehead atoms. The number of nitrogens with two attached hydrogens (primary N) is 1. The predicted molar refractivity (Wildman–Crippen MR) is 76.8 cm³/mol. The number of nitrogens with zero attached hydrogens (tertiary/aromatic N) is 1. The maximum atomic E-state index is 5.77. The average Bonchev–Trinajstić information content (AvgIpc) is 2.19. The monoisotopic (exact) mass is 347 g/mol. The minimum Gasteiger partial charge on any atom is -0.370 e. The van der Waals surface area contributed by atoms with Crippen molar-refractivity contribution < 1.29 is 0 Å². The molecule has 88 valence electrons. The van der Waals surface area contributed by atoms with Crippen molar-refractivity contribution in [1.82, 2.24) is 0 Å². The summed E-state index contributed by atoms with van der Waals surface area (Å²) in [6, 6.07) is 5.84. The van der Waals surface area contributed by atoms with Crippen LogP contribution in [0.4, 0.5) is 5.69 Å². The quantitative estimate of drug-likeness (QED) is 0.647. The van der Waals surface area contributed by atoms with E-state index >= 15 is 0 Å². The molecule has 1 rings (SSSR count). The molecule has 0 heterocycles. The van der Waals surface area contributed by atoms with Gasteiger partial charge >= 0.3 is 0 Å². The number of guanidine groups is 1. The number of halogens is 2. The van der Waals surface area contributed by atoms with Gasteiger partial charge < -0.3 is 11.1 Å². The Morgan fingerprint density at radius 2 is 2.12 bits per heavy atom. The SMILES string of the molecule is CC(C)CN=C(N)Nc1ccc(Br)cc1Br. The van der Waals surface area contributed by atoms with Gasteiger partial charge in [-0.15, -0.1) is 0 Å². The first-order valence-electron chi connectivity index (χ1n) is 5.01. The molecule has 5 heteroatoms. The molecule has 0 radical (unpaired) electrons. The maximum Gasteiger partial charge on any atom is 0.193 e. The van der Waals surface area contributed by atoms with Crippen LogP contribution in [0.1, 0.15) is 13.8 Å². The van der Waals surface area contributed by atoms with Gasteiger partial charge in [-0.3, -0.25) is 4.99 Å². The van der Waals surface area contributed by atoms with Crippen LogP contribution in [0.2, 0.25) is 0 Å². The summed E-state index contributed by atoms with van der Waals surface area (Å²) in [6.07, 6.45) is 0. The predicted octanol–water partition coefficient (Wildman–Crippen LogP) is 3.59. The van der Waals surface area contributed by atoms with E-state index in [1.165, 1.54) is 0 Å². The molecule has 1 aromatic rings. The Morgan fingerprint density at radius 3 is 2.69 bits per heavy atom. The smallest absolute Gasteiger partial charge is 0.193 e. The summed E-state index contributed by atoms with van der Waals surface area (Å²) in [5.74, 6) is 0.949. The molecular formula is C11H15Br2N3. The Balaban J connectivity index is 2.69. The third-order valence-electron chi connectivity index (χ3n) is 1.82. The van der Waals surface area contributed by atoms with Crippen LogP contribution in [0.5, 0.6) is 0 Å². The molecule has 0 saturated carbocycles. The molecular weight excluding hydrogens is 334 g/mol. The van der Waals surface area contributed by atoms with Crippen LogP contribution in [0.3, 0.4) is 0 Å². The van der Waals surface area contributed by atoms with Gasteiger partial charge in [0.05, 0.1) is 5.69 Å². The molecule has 0 aliphatic rings. The van der Waals surface area contributed by atoms with Crippen LogP contribution < -0.4 is 11.1 Å². The van der Waals surface area contributed by atoms with Gasteiger partial charge in [0.2, 0.25) is 0 Å². The van der Waals surface area contributed by atoms with Gasteiger partial charge in [-0.2, -0.15) is 0 Å². The van der Waals surface area contributed by atoms with E-state index in [1.54, 1.807) is 0 Å². The van der Waals surface area contributed by atoms with E-state index in [9.17, 15) is 0 Å². The number of hydrogen-bond donors (Lipinski definition) is 2. The Labute approximate surface area is 113 Å². The molecule has 0 saturated heterocycles. The number of nitrogens with one attached hydrogen (secondary N) is 1. The van der Waals surface area contributed by atoms with Gasteiger partial charge in [0, 0.05) is 15.5 Å². The van der Waals surface area contributed by atoms with Crippen molar-refractivity contribution in [3.8, 4) is 0 Å². The second-order valence-corrected chi connectivity index (χ2v) is 5.64. The lowest BCUT2D eigenvalue weighted by atomic mass is 10.2. The van der Waals surface area contributed by atoms with E-state index in [-0.39, 0.29) is 0 Å². The Morgan fingerprint density at radius 1 is 1.44 bits per heavy atom. The van der Waals surface area contributed by atoms with Crippen LogP contribution in [0.25, 0.3) is 0 Å². The lowest BCUT2D eigenvalue weighted by Crippen LogP contribution is -2.23. The third kappa shape index (κ3) is 4.53. The maximum absolute atomic E-state index is 5.77. The molecule has 0 aliphatic carbocycles. The second-order valence-electron chi connectivity index (χ2n) is 3.87. The Kier molecular flexibility index (Phi) is 5.28. The first kappa shape index (κ1) is 13.5. The van der Waals surface area contributed by atoms with Crippen LogP contribution in [-0.4, -0.2) is 12.5 Å². The van der Waals surface area contributed by atoms with E-state index in [2.05, 4.69) is 56.0 Å². The highest BCUT2D eigenvalue weighted by molar-refractivity contribution is 9.11. The lowest BCUT2D eigenvalue weighted by Gasteiger charge is -2.08. The molecule has 1 aromatic carbocycles. The zero-order valence-corrected chi connectivity index (χ0v) is 12.5. The fraction of sp³-hybridized carbons (Fsp3) is 0.364. The minimum atomic E-state index is 0.441. The first-order chi connectivity index (χ1) is 7.49. The number of rotatable bonds is 3. The largest absolute Gasteiger partial charge is 0.370 e. The van der Waals surface area contributed by atoms with Crippen LogP contribution >= 0.6 is 31.9 Å². The zero-order valence-electron chi connectivity index (χ0n) is 9.30.